The number of sulfone groups is 1. The molecule has 0 bridgehead atoms. The fourth-order valence-corrected chi connectivity index (χ4v) is 2.97. The van der Waals surface area contributed by atoms with Gasteiger partial charge >= 0.3 is 0 Å². The fraction of sp³-hybridized carbons (Fsp3) is 0.455. The highest BCUT2D eigenvalue weighted by Crippen LogP contribution is 2.15. The van der Waals surface area contributed by atoms with Gasteiger partial charge in [0.1, 0.15) is 0 Å². The average Bonchev–Trinajstić information content (AvgIpc) is 2.20. The van der Waals surface area contributed by atoms with Crippen molar-refractivity contribution in [2.24, 2.45) is 5.73 Å². The molecule has 2 atom stereocenters. The van der Waals surface area contributed by atoms with E-state index in [1.165, 1.54) is 0 Å². The fourth-order valence-electron chi connectivity index (χ4n) is 1.27. The van der Waals surface area contributed by atoms with Gasteiger partial charge in [0.2, 0.25) is 0 Å². The Morgan fingerprint density at radius 1 is 1.25 bits per heavy atom. The summed E-state index contributed by atoms with van der Waals surface area (Å²) >= 11 is 5.73. The van der Waals surface area contributed by atoms with Crippen molar-refractivity contribution in [3.8, 4) is 0 Å². The molecule has 16 heavy (non-hydrogen) atoms. The van der Waals surface area contributed by atoms with Crippen LogP contribution in [-0.2, 0) is 15.6 Å². The van der Waals surface area contributed by atoms with E-state index < -0.39 is 15.1 Å². The lowest BCUT2D eigenvalue weighted by molar-refractivity contribution is 0.567. The Kier molecular flexibility index (Phi) is 4.35. The molecule has 0 fully saturated rings. The summed E-state index contributed by atoms with van der Waals surface area (Å²) in [4.78, 5) is 0. The second kappa shape index (κ2) is 5.17. The van der Waals surface area contributed by atoms with Gasteiger partial charge in [0.15, 0.2) is 9.84 Å². The van der Waals surface area contributed by atoms with E-state index in [9.17, 15) is 8.42 Å². The first kappa shape index (κ1) is 13.5. The van der Waals surface area contributed by atoms with E-state index >= 15 is 0 Å². The van der Waals surface area contributed by atoms with Crippen LogP contribution in [0, 0.1) is 0 Å². The van der Waals surface area contributed by atoms with E-state index in [1.54, 1.807) is 38.1 Å². The average molecular weight is 262 g/mol. The van der Waals surface area contributed by atoms with Crippen molar-refractivity contribution in [1.29, 1.82) is 0 Å². The second-order valence-electron chi connectivity index (χ2n) is 4.00. The van der Waals surface area contributed by atoms with Crippen LogP contribution < -0.4 is 5.73 Å². The molecular formula is C11H16ClNO2S. The highest BCUT2D eigenvalue weighted by atomic mass is 35.5. The van der Waals surface area contributed by atoms with Crippen LogP contribution in [0.1, 0.15) is 19.4 Å². The zero-order chi connectivity index (χ0) is 12.3. The van der Waals surface area contributed by atoms with Crippen LogP contribution in [0.3, 0.4) is 0 Å². The van der Waals surface area contributed by atoms with Gasteiger partial charge in [0.25, 0.3) is 0 Å². The first-order chi connectivity index (χ1) is 7.33. The molecular weight excluding hydrogens is 246 g/mol. The maximum atomic E-state index is 11.9. The molecule has 0 spiro atoms. The van der Waals surface area contributed by atoms with Gasteiger partial charge < -0.3 is 5.73 Å². The number of halogens is 1. The zero-order valence-corrected chi connectivity index (χ0v) is 10.9. The van der Waals surface area contributed by atoms with Gasteiger partial charge in [-0.15, -0.1) is 0 Å². The van der Waals surface area contributed by atoms with Crippen molar-refractivity contribution < 1.29 is 8.42 Å². The summed E-state index contributed by atoms with van der Waals surface area (Å²) in [5, 5.41) is 0.0598. The molecule has 1 rings (SSSR count). The van der Waals surface area contributed by atoms with Crippen LogP contribution in [0.15, 0.2) is 24.3 Å². The lowest BCUT2D eigenvalue weighted by Crippen LogP contribution is -2.36. The predicted octanol–water partition coefficient (Wildman–Crippen LogP) is 1.99. The van der Waals surface area contributed by atoms with E-state index in [4.69, 9.17) is 17.3 Å². The summed E-state index contributed by atoms with van der Waals surface area (Å²) in [6.45, 7) is 3.33. The third-order valence-electron chi connectivity index (χ3n) is 2.59. The molecule has 0 saturated heterocycles. The molecule has 0 aliphatic rings. The van der Waals surface area contributed by atoms with Crippen LogP contribution >= 0.6 is 11.6 Å². The Balaban J connectivity index is 2.85. The van der Waals surface area contributed by atoms with Crippen molar-refractivity contribution in [1.82, 2.24) is 0 Å². The lowest BCUT2D eigenvalue weighted by atomic mass is 10.2. The number of hydrogen-bond acceptors (Lipinski definition) is 3. The van der Waals surface area contributed by atoms with Gasteiger partial charge in [-0.25, -0.2) is 8.42 Å². The SMILES string of the molecule is CC(N)C(C)S(=O)(=O)Cc1ccc(Cl)cc1. The molecule has 0 aromatic heterocycles. The number of rotatable bonds is 4. The predicted molar refractivity (Wildman–Crippen MR) is 67.2 cm³/mol. The van der Waals surface area contributed by atoms with Crippen LogP contribution in [0.4, 0.5) is 0 Å². The quantitative estimate of drug-likeness (QED) is 0.902. The second-order valence-corrected chi connectivity index (χ2v) is 6.79. The van der Waals surface area contributed by atoms with Crippen molar-refractivity contribution in [3.63, 3.8) is 0 Å². The smallest absolute Gasteiger partial charge is 0.158 e. The molecule has 0 aliphatic carbocycles. The Bertz CT molecular complexity index is 440. The van der Waals surface area contributed by atoms with E-state index in [0.29, 0.717) is 5.02 Å². The molecule has 0 saturated carbocycles. The van der Waals surface area contributed by atoms with Crippen LogP contribution in [0.2, 0.25) is 5.02 Å². The Labute approximate surface area is 102 Å². The topological polar surface area (TPSA) is 60.2 Å². The first-order valence-corrected chi connectivity index (χ1v) is 7.14. The van der Waals surface area contributed by atoms with Gasteiger partial charge in [-0.05, 0) is 31.5 Å². The first-order valence-electron chi connectivity index (χ1n) is 5.04. The maximum Gasteiger partial charge on any atom is 0.158 e. The number of benzene rings is 1. The summed E-state index contributed by atoms with van der Waals surface area (Å²) in [5.41, 5.74) is 6.33. The lowest BCUT2D eigenvalue weighted by Gasteiger charge is -2.16. The monoisotopic (exact) mass is 261 g/mol. The minimum atomic E-state index is -3.19. The van der Waals surface area contributed by atoms with Crippen molar-refractivity contribution >= 4 is 21.4 Å². The Morgan fingerprint density at radius 2 is 1.75 bits per heavy atom. The zero-order valence-electron chi connectivity index (χ0n) is 9.35. The molecule has 0 aliphatic heterocycles. The molecule has 2 N–H and O–H groups in total. The third kappa shape index (κ3) is 3.47. The van der Waals surface area contributed by atoms with Gasteiger partial charge in [-0.2, -0.15) is 0 Å². The third-order valence-corrected chi connectivity index (χ3v) is 5.14. The molecule has 3 nitrogen and oxygen atoms in total. The van der Waals surface area contributed by atoms with Crippen molar-refractivity contribution in [2.75, 3.05) is 0 Å². The van der Waals surface area contributed by atoms with Gasteiger partial charge in [0.05, 0.1) is 11.0 Å². The molecule has 0 radical (unpaired) electrons. The number of nitrogens with two attached hydrogens (primary N) is 1. The number of hydrogen-bond donors (Lipinski definition) is 1. The summed E-state index contributed by atoms with van der Waals surface area (Å²) < 4.78 is 23.8. The maximum absolute atomic E-state index is 11.9. The Morgan fingerprint density at radius 3 is 2.19 bits per heavy atom. The van der Waals surface area contributed by atoms with E-state index in [2.05, 4.69) is 0 Å². The summed E-state index contributed by atoms with van der Waals surface area (Å²) in [6, 6.07) is 6.44. The van der Waals surface area contributed by atoms with Gasteiger partial charge in [-0.3, -0.25) is 0 Å². The van der Waals surface area contributed by atoms with Crippen LogP contribution in [0.5, 0.6) is 0 Å². The highest BCUT2D eigenvalue weighted by Gasteiger charge is 2.24. The standard InChI is InChI=1S/C11H16ClNO2S/c1-8(13)9(2)16(14,15)7-10-3-5-11(12)6-4-10/h3-6,8-9H,7,13H2,1-2H3. The Hall–Kier alpha value is -0.580. The largest absolute Gasteiger partial charge is 0.327 e. The highest BCUT2D eigenvalue weighted by molar-refractivity contribution is 7.91. The molecule has 0 amide bonds. The van der Waals surface area contributed by atoms with Crippen molar-refractivity contribution in [3.05, 3.63) is 34.9 Å². The minimum absolute atomic E-state index is 0.00682. The minimum Gasteiger partial charge on any atom is -0.327 e. The van der Waals surface area contributed by atoms with E-state index in [0.717, 1.165) is 5.56 Å². The summed E-state index contributed by atoms with van der Waals surface area (Å²) in [5.74, 6) is 0.00682. The molecule has 2 unspecified atom stereocenters. The molecule has 1 aromatic carbocycles. The van der Waals surface area contributed by atoms with Crippen LogP contribution in [-0.4, -0.2) is 19.7 Å². The molecule has 0 heterocycles. The van der Waals surface area contributed by atoms with E-state index in [1.807, 2.05) is 0 Å². The molecule has 5 heteroatoms. The van der Waals surface area contributed by atoms with Gasteiger partial charge in [-0.1, -0.05) is 23.7 Å². The molecule has 1 aromatic rings. The summed E-state index contributed by atoms with van der Waals surface area (Å²) in [6.07, 6.45) is 0. The van der Waals surface area contributed by atoms with Crippen LogP contribution in [0.25, 0.3) is 0 Å². The van der Waals surface area contributed by atoms with Gasteiger partial charge in [0, 0.05) is 11.1 Å². The summed E-state index contributed by atoms with van der Waals surface area (Å²) in [7, 11) is -3.19. The normalized spacial score (nSPS) is 15.8. The van der Waals surface area contributed by atoms with Crippen molar-refractivity contribution in [2.45, 2.75) is 30.9 Å². The molecule has 90 valence electrons. The van der Waals surface area contributed by atoms with E-state index in [-0.39, 0.29) is 11.8 Å².